The quantitative estimate of drug-likeness (QED) is 0.0261. The molecule has 1 atom stereocenters. The van der Waals surface area contributed by atoms with Crippen LogP contribution in [0.25, 0.3) is 0 Å². The maximum Gasteiger partial charge on any atom is 0.306 e. The monoisotopic (exact) mass is 1070 g/mol. The molecular weight excluding hydrogens is 949 g/mol. The lowest BCUT2D eigenvalue weighted by atomic mass is 10.0. The second-order valence-corrected chi connectivity index (χ2v) is 22.4. The van der Waals surface area contributed by atoms with E-state index in [1.807, 2.05) is 0 Å². The van der Waals surface area contributed by atoms with E-state index < -0.39 is 6.10 Å². The number of hydrogen-bond acceptors (Lipinski definition) is 6. The number of rotatable bonds is 61. The van der Waals surface area contributed by atoms with Crippen LogP contribution in [-0.4, -0.2) is 37.2 Å². The van der Waals surface area contributed by atoms with Gasteiger partial charge >= 0.3 is 17.9 Å². The summed E-state index contributed by atoms with van der Waals surface area (Å²) in [4.78, 5) is 38.4. The van der Waals surface area contributed by atoms with Crippen molar-refractivity contribution < 1.29 is 28.6 Å². The molecule has 0 aromatic carbocycles. The van der Waals surface area contributed by atoms with E-state index in [4.69, 9.17) is 14.2 Å². The third kappa shape index (κ3) is 63.6. The SMILES string of the molecule is CC/C=C\C/C=C\C/C=C\C/C=C\CCCCCCCCCCCCC(=O)OCC(COC(=O)CCCCCCC/C=C\C/C=C\CCCCCC)OC(=O)CCCCCCCCCCCCCCCCCCCCCC. The van der Waals surface area contributed by atoms with Crippen LogP contribution in [0, 0.1) is 0 Å². The molecule has 0 amide bonds. The predicted molar refractivity (Wildman–Crippen MR) is 335 cm³/mol. The average Bonchev–Trinajstić information content (AvgIpc) is 3.43. The van der Waals surface area contributed by atoms with E-state index in [2.05, 4.69) is 93.7 Å². The minimum absolute atomic E-state index is 0.0790. The Morgan fingerprint density at radius 2 is 0.506 bits per heavy atom. The highest BCUT2D eigenvalue weighted by Gasteiger charge is 2.19. The fourth-order valence-corrected chi connectivity index (χ4v) is 9.70. The third-order valence-electron chi connectivity index (χ3n) is 14.7. The van der Waals surface area contributed by atoms with E-state index in [0.717, 1.165) is 103 Å². The Hall–Kier alpha value is -3.15. The van der Waals surface area contributed by atoms with Crippen molar-refractivity contribution in [1.82, 2.24) is 0 Å². The molecule has 0 aliphatic rings. The summed E-state index contributed by atoms with van der Waals surface area (Å²) in [6.45, 7) is 6.55. The average molecular weight is 1080 g/mol. The summed E-state index contributed by atoms with van der Waals surface area (Å²) in [6.07, 6.45) is 84.8. The summed E-state index contributed by atoms with van der Waals surface area (Å²) in [6, 6.07) is 0. The predicted octanol–water partition coefficient (Wildman–Crippen LogP) is 22.9. The highest BCUT2D eigenvalue weighted by atomic mass is 16.6. The Labute approximate surface area is 478 Å². The van der Waals surface area contributed by atoms with Crippen LogP contribution in [0.2, 0.25) is 0 Å². The van der Waals surface area contributed by atoms with Gasteiger partial charge in [0, 0.05) is 19.3 Å². The maximum absolute atomic E-state index is 12.9. The van der Waals surface area contributed by atoms with E-state index in [1.54, 1.807) is 0 Å². The molecule has 0 radical (unpaired) electrons. The van der Waals surface area contributed by atoms with Gasteiger partial charge in [-0.3, -0.25) is 14.4 Å². The zero-order chi connectivity index (χ0) is 55.7. The molecule has 0 aliphatic carbocycles. The number of hydrogen-bond donors (Lipinski definition) is 0. The Kier molecular flexibility index (Phi) is 62.7. The van der Waals surface area contributed by atoms with Crippen molar-refractivity contribution in [2.45, 2.75) is 348 Å². The Morgan fingerprint density at radius 1 is 0.273 bits per heavy atom. The summed E-state index contributed by atoms with van der Waals surface area (Å²) in [7, 11) is 0. The van der Waals surface area contributed by atoms with E-state index in [0.29, 0.717) is 19.3 Å². The number of esters is 3. The van der Waals surface area contributed by atoms with E-state index in [-0.39, 0.29) is 31.1 Å². The van der Waals surface area contributed by atoms with Gasteiger partial charge in [0.05, 0.1) is 0 Å². The summed E-state index contributed by atoms with van der Waals surface area (Å²) < 4.78 is 17.0. The van der Waals surface area contributed by atoms with Gasteiger partial charge in [-0.2, -0.15) is 0 Å². The molecule has 0 N–H and O–H groups in total. The number of carbonyl (C=O) groups excluding carboxylic acids is 3. The molecule has 0 aromatic heterocycles. The van der Waals surface area contributed by atoms with Crippen LogP contribution < -0.4 is 0 Å². The van der Waals surface area contributed by atoms with Crippen molar-refractivity contribution in [3.05, 3.63) is 72.9 Å². The Balaban J connectivity index is 4.35. The molecule has 0 aliphatic heterocycles. The van der Waals surface area contributed by atoms with E-state index in [1.165, 1.54) is 199 Å². The van der Waals surface area contributed by atoms with Crippen molar-refractivity contribution >= 4 is 17.9 Å². The lowest BCUT2D eigenvalue weighted by Gasteiger charge is -2.18. The summed E-state index contributed by atoms with van der Waals surface area (Å²) in [5.41, 5.74) is 0. The first-order valence-electron chi connectivity index (χ1n) is 33.4. The summed E-state index contributed by atoms with van der Waals surface area (Å²) in [5, 5.41) is 0. The minimum Gasteiger partial charge on any atom is -0.462 e. The van der Waals surface area contributed by atoms with E-state index >= 15 is 0 Å². The van der Waals surface area contributed by atoms with Gasteiger partial charge in [0.15, 0.2) is 6.10 Å². The smallest absolute Gasteiger partial charge is 0.306 e. The zero-order valence-electron chi connectivity index (χ0n) is 51.2. The van der Waals surface area contributed by atoms with Crippen molar-refractivity contribution in [1.29, 1.82) is 0 Å². The Morgan fingerprint density at radius 3 is 0.805 bits per heavy atom. The number of ether oxygens (including phenoxy) is 3. The van der Waals surface area contributed by atoms with Crippen LogP contribution in [0.4, 0.5) is 0 Å². The van der Waals surface area contributed by atoms with Gasteiger partial charge in [0.25, 0.3) is 0 Å². The molecule has 0 saturated heterocycles. The lowest BCUT2D eigenvalue weighted by Crippen LogP contribution is -2.30. The molecule has 0 bridgehead atoms. The first kappa shape index (κ1) is 73.8. The normalized spacial score (nSPS) is 12.5. The summed E-state index contributed by atoms with van der Waals surface area (Å²) in [5.74, 6) is -0.877. The van der Waals surface area contributed by atoms with Gasteiger partial charge < -0.3 is 14.2 Å². The van der Waals surface area contributed by atoms with Crippen LogP contribution in [0.3, 0.4) is 0 Å². The second-order valence-electron chi connectivity index (χ2n) is 22.4. The standard InChI is InChI=1S/C71H126O6/c1-4-7-10-13-16-19-22-25-28-31-33-35-36-37-39-40-43-46-49-52-55-58-61-64-70(73)76-67-68(66-75-69(72)63-60-57-54-51-48-45-42-30-27-24-21-18-15-12-9-6-3)77-71(74)65-62-59-56-53-50-47-44-41-38-34-32-29-26-23-20-17-14-11-8-5-2/h7,10,16,19,21,24-25,28,30,33,35,42,68H,4-6,8-9,11-15,17-18,20,22-23,26-27,29,31-32,34,36-41,43-67H2,1-3H3/b10-7-,19-16-,24-21-,28-25-,35-33-,42-30-. The van der Waals surface area contributed by atoms with Gasteiger partial charge in [-0.05, 0) is 89.9 Å². The largest absolute Gasteiger partial charge is 0.462 e. The molecule has 6 heteroatoms. The fraction of sp³-hybridized carbons (Fsp3) is 0.789. The van der Waals surface area contributed by atoms with E-state index in [9.17, 15) is 14.4 Å². The van der Waals surface area contributed by atoms with Crippen LogP contribution in [0.15, 0.2) is 72.9 Å². The van der Waals surface area contributed by atoms with Crippen LogP contribution in [-0.2, 0) is 28.6 Å². The van der Waals surface area contributed by atoms with Crippen LogP contribution in [0.1, 0.15) is 342 Å². The van der Waals surface area contributed by atoms with Gasteiger partial charge in [0.1, 0.15) is 13.2 Å². The van der Waals surface area contributed by atoms with Crippen molar-refractivity contribution in [2.24, 2.45) is 0 Å². The van der Waals surface area contributed by atoms with Crippen LogP contribution in [0.5, 0.6) is 0 Å². The number of unbranched alkanes of at least 4 members (excludes halogenated alkanes) is 38. The van der Waals surface area contributed by atoms with Crippen molar-refractivity contribution in [2.75, 3.05) is 13.2 Å². The minimum atomic E-state index is -0.783. The van der Waals surface area contributed by atoms with Gasteiger partial charge in [-0.25, -0.2) is 0 Å². The summed E-state index contributed by atoms with van der Waals surface area (Å²) >= 11 is 0. The highest BCUT2D eigenvalue weighted by molar-refractivity contribution is 5.71. The molecule has 0 heterocycles. The molecule has 0 fully saturated rings. The molecular formula is C71H126O6. The molecule has 446 valence electrons. The first-order chi connectivity index (χ1) is 38.0. The van der Waals surface area contributed by atoms with Gasteiger partial charge in [0.2, 0.25) is 0 Å². The zero-order valence-corrected chi connectivity index (χ0v) is 51.2. The van der Waals surface area contributed by atoms with Crippen molar-refractivity contribution in [3.63, 3.8) is 0 Å². The molecule has 0 spiro atoms. The van der Waals surface area contributed by atoms with Crippen molar-refractivity contribution in [3.8, 4) is 0 Å². The van der Waals surface area contributed by atoms with Crippen LogP contribution >= 0.6 is 0 Å². The Bertz CT molecular complexity index is 1420. The second kappa shape index (κ2) is 65.4. The van der Waals surface area contributed by atoms with Gasteiger partial charge in [-0.15, -0.1) is 0 Å². The molecule has 6 nitrogen and oxygen atoms in total. The lowest BCUT2D eigenvalue weighted by molar-refractivity contribution is -0.167. The molecule has 0 saturated carbocycles. The first-order valence-corrected chi connectivity index (χ1v) is 33.4. The third-order valence-corrected chi connectivity index (χ3v) is 14.7. The topological polar surface area (TPSA) is 78.9 Å². The molecule has 0 aromatic rings. The number of allylic oxidation sites excluding steroid dienone is 12. The number of carbonyl (C=O) groups is 3. The molecule has 1 unspecified atom stereocenters. The van der Waals surface area contributed by atoms with Gasteiger partial charge in [-0.1, -0.05) is 306 Å². The molecule has 77 heavy (non-hydrogen) atoms. The molecule has 0 rings (SSSR count). The fourth-order valence-electron chi connectivity index (χ4n) is 9.70. The maximum atomic E-state index is 12.9. The highest BCUT2D eigenvalue weighted by Crippen LogP contribution is 2.17.